The van der Waals surface area contributed by atoms with E-state index in [9.17, 15) is 14.2 Å². The Morgan fingerprint density at radius 1 is 0.960 bits per heavy atom. The van der Waals surface area contributed by atoms with Crippen LogP contribution < -0.4 is 10.6 Å². The van der Waals surface area contributed by atoms with E-state index in [-0.39, 0.29) is 18.6 Å². The van der Waals surface area contributed by atoms with Crippen LogP contribution in [0.4, 0.5) is 4.79 Å². The lowest BCUT2D eigenvalue weighted by molar-refractivity contribution is -0.139. The topological polar surface area (TPSA) is 134 Å². The van der Waals surface area contributed by atoms with Gasteiger partial charge in [0.15, 0.2) is 0 Å². The Morgan fingerprint density at radius 3 is 1.96 bits per heavy atom. The number of phosphoric acid groups is 1. The highest BCUT2D eigenvalue weighted by atomic mass is 31.2. The van der Waals surface area contributed by atoms with Gasteiger partial charge in [0.05, 0.1) is 13.2 Å². The van der Waals surface area contributed by atoms with E-state index in [2.05, 4.69) is 21.7 Å². The fourth-order valence-electron chi connectivity index (χ4n) is 1.75. The maximum absolute atomic E-state index is 11.5. The Hall–Kier alpha value is -1.41. The van der Waals surface area contributed by atoms with Crippen LogP contribution in [0, 0.1) is 0 Å². The third-order valence-electron chi connectivity index (χ3n) is 3.05. The molecule has 10 heteroatoms. The highest BCUT2D eigenvalue weighted by Gasteiger charge is 2.12. The van der Waals surface area contributed by atoms with Crippen molar-refractivity contribution in [2.24, 2.45) is 0 Å². The summed E-state index contributed by atoms with van der Waals surface area (Å²) in [6.07, 6.45) is 4.28. The number of nitrogens with one attached hydrogen (secondary N) is 2. The van der Waals surface area contributed by atoms with Gasteiger partial charge >= 0.3 is 19.8 Å². The Labute approximate surface area is 148 Å². The summed E-state index contributed by atoms with van der Waals surface area (Å²) in [5.41, 5.74) is 0.382. The third kappa shape index (κ3) is 17.2. The molecule has 0 saturated heterocycles. The summed E-state index contributed by atoms with van der Waals surface area (Å²) in [7, 11) is -4.38. The fourth-order valence-corrected chi connectivity index (χ4v) is 2.11. The SMILES string of the molecule is C=C(C)C(=O)OCCCCCNC(=O)NCCCCCOP(=O)(O)O. The van der Waals surface area contributed by atoms with Crippen molar-refractivity contribution in [2.45, 2.75) is 45.4 Å². The maximum atomic E-state index is 11.5. The zero-order valence-electron chi connectivity index (χ0n) is 14.7. The number of unbranched alkanes of at least 4 members (excludes halogenated alkanes) is 4. The summed E-state index contributed by atoms with van der Waals surface area (Å²) in [6.45, 7) is 6.46. The molecule has 0 aromatic carbocycles. The van der Waals surface area contributed by atoms with Crippen molar-refractivity contribution in [3.63, 3.8) is 0 Å². The van der Waals surface area contributed by atoms with Crippen LogP contribution in [0.25, 0.3) is 0 Å². The van der Waals surface area contributed by atoms with Crippen molar-refractivity contribution in [2.75, 3.05) is 26.3 Å². The number of rotatable bonds is 14. The molecule has 4 N–H and O–H groups in total. The summed E-state index contributed by atoms with van der Waals surface area (Å²) in [6, 6.07) is -0.250. The highest BCUT2D eigenvalue weighted by Crippen LogP contribution is 2.35. The molecule has 0 aliphatic carbocycles. The lowest BCUT2D eigenvalue weighted by atomic mass is 10.2. The molecule has 0 radical (unpaired) electrons. The van der Waals surface area contributed by atoms with Crippen LogP contribution in [0.3, 0.4) is 0 Å². The molecule has 0 bridgehead atoms. The molecule has 0 spiro atoms. The molecular weight excluding hydrogens is 351 g/mol. The smallest absolute Gasteiger partial charge is 0.462 e. The van der Waals surface area contributed by atoms with E-state index >= 15 is 0 Å². The number of hydrogen-bond donors (Lipinski definition) is 4. The maximum Gasteiger partial charge on any atom is 0.469 e. The molecule has 0 atom stereocenters. The standard InChI is InChI=1S/C15H29N2O7P/c1-13(2)14(18)23-11-7-3-5-9-16-15(19)17-10-6-4-8-12-24-25(20,21)22/h1,3-12H2,2H3,(H2,16,17,19)(H2,20,21,22). The molecule has 0 rings (SSSR count). The van der Waals surface area contributed by atoms with Gasteiger partial charge < -0.3 is 25.2 Å². The van der Waals surface area contributed by atoms with Crippen molar-refractivity contribution >= 4 is 19.8 Å². The minimum Gasteiger partial charge on any atom is -0.462 e. The van der Waals surface area contributed by atoms with Crippen molar-refractivity contribution < 1.29 is 33.2 Å². The van der Waals surface area contributed by atoms with Crippen LogP contribution in [0.5, 0.6) is 0 Å². The van der Waals surface area contributed by atoms with Gasteiger partial charge in [0, 0.05) is 18.7 Å². The quantitative estimate of drug-likeness (QED) is 0.156. The van der Waals surface area contributed by atoms with Crippen LogP contribution in [0.15, 0.2) is 12.2 Å². The number of urea groups is 1. The minimum absolute atomic E-state index is 0.00183. The molecule has 2 amide bonds. The Morgan fingerprint density at radius 2 is 1.48 bits per heavy atom. The number of phosphoric ester groups is 1. The van der Waals surface area contributed by atoms with Gasteiger partial charge in [0.25, 0.3) is 0 Å². The van der Waals surface area contributed by atoms with Crippen LogP contribution in [-0.2, 0) is 18.6 Å². The van der Waals surface area contributed by atoms with Gasteiger partial charge in [0.1, 0.15) is 0 Å². The van der Waals surface area contributed by atoms with E-state index in [1.165, 1.54) is 0 Å². The van der Waals surface area contributed by atoms with Gasteiger partial charge in [-0.1, -0.05) is 6.58 Å². The molecule has 146 valence electrons. The first-order valence-electron chi connectivity index (χ1n) is 8.27. The number of carbonyl (C=O) groups is 2. The van der Waals surface area contributed by atoms with E-state index < -0.39 is 7.82 Å². The summed E-state index contributed by atoms with van der Waals surface area (Å²) in [5.74, 6) is -0.384. The summed E-state index contributed by atoms with van der Waals surface area (Å²) < 4.78 is 19.7. The van der Waals surface area contributed by atoms with Crippen molar-refractivity contribution in [1.29, 1.82) is 0 Å². The molecule has 25 heavy (non-hydrogen) atoms. The van der Waals surface area contributed by atoms with Crippen LogP contribution in [-0.4, -0.2) is 48.1 Å². The first-order valence-corrected chi connectivity index (χ1v) is 9.80. The van der Waals surface area contributed by atoms with Crippen molar-refractivity contribution in [3.8, 4) is 0 Å². The molecule has 0 aromatic rings. The average molecular weight is 380 g/mol. The molecule has 0 saturated carbocycles. The predicted molar refractivity (Wildman–Crippen MR) is 92.9 cm³/mol. The zero-order chi connectivity index (χ0) is 19.1. The van der Waals surface area contributed by atoms with Crippen LogP contribution >= 0.6 is 7.82 Å². The number of amides is 2. The van der Waals surface area contributed by atoms with Crippen molar-refractivity contribution in [3.05, 3.63) is 12.2 Å². The average Bonchev–Trinajstić information content (AvgIpc) is 2.51. The Bertz CT molecular complexity index is 465. The summed E-state index contributed by atoms with van der Waals surface area (Å²) in [5, 5.41) is 5.42. The Balaban J connectivity index is 3.35. The van der Waals surface area contributed by atoms with Gasteiger partial charge in [-0.25, -0.2) is 14.2 Å². The number of carbonyl (C=O) groups excluding carboxylic acids is 2. The zero-order valence-corrected chi connectivity index (χ0v) is 15.6. The normalized spacial score (nSPS) is 11.0. The molecular formula is C15H29N2O7P. The lowest BCUT2D eigenvalue weighted by Crippen LogP contribution is -2.36. The highest BCUT2D eigenvalue weighted by molar-refractivity contribution is 7.46. The fraction of sp³-hybridized carbons (Fsp3) is 0.733. The first-order chi connectivity index (χ1) is 11.7. The van der Waals surface area contributed by atoms with Gasteiger partial charge in [-0.2, -0.15) is 0 Å². The minimum atomic E-state index is -4.38. The third-order valence-corrected chi connectivity index (χ3v) is 3.57. The van der Waals surface area contributed by atoms with Gasteiger partial charge in [-0.15, -0.1) is 0 Å². The second-order valence-electron chi connectivity index (χ2n) is 5.54. The van der Waals surface area contributed by atoms with E-state index in [1.807, 2.05) is 0 Å². The molecule has 9 nitrogen and oxygen atoms in total. The predicted octanol–water partition coefficient (Wildman–Crippen LogP) is 1.85. The number of esters is 1. The summed E-state index contributed by atoms with van der Waals surface area (Å²) >= 11 is 0. The Kier molecular flexibility index (Phi) is 13.1. The second-order valence-corrected chi connectivity index (χ2v) is 6.78. The van der Waals surface area contributed by atoms with Crippen molar-refractivity contribution in [1.82, 2.24) is 10.6 Å². The summed E-state index contributed by atoms with van der Waals surface area (Å²) in [4.78, 5) is 39.6. The second kappa shape index (κ2) is 13.8. The molecule has 0 aromatic heterocycles. The number of ether oxygens (including phenoxy) is 1. The van der Waals surface area contributed by atoms with E-state index in [0.717, 1.165) is 19.3 Å². The molecule has 0 aliphatic heterocycles. The molecule has 0 unspecified atom stereocenters. The van der Waals surface area contributed by atoms with E-state index in [1.54, 1.807) is 6.92 Å². The largest absolute Gasteiger partial charge is 0.469 e. The monoisotopic (exact) mass is 380 g/mol. The molecule has 0 heterocycles. The number of hydrogen-bond acceptors (Lipinski definition) is 5. The lowest BCUT2D eigenvalue weighted by Gasteiger charge is -2.08. The van der Waals surface area contributed by atoms with Crippen LogP contribution in [0.2, 0.25) is 0 Å². The van der Waals surface area contributed by atoms with E-state index in [4.69, 9.17) is 14.5 Å². The van der Waals surface area contributed by atoms with Gasteiger partial charge in [0.2, 0.25) is 0 Å². The van der Waals surface area contributed by atoms with Gasteiger partial charge in [-0.05, 0) is 45.4 Å². The van der Waals surface area contributed by atoms with Gasteiger partial charge in [-0.3, -0.25) is 4.52 Å². The van der Waals surface area contributed by atoms with Crippen LogP contribution in [0.1, 0.15) is 45.4 Å². The molecule has 0 aliphatic rings. The first kappa shape index (κ1) is 23.6. The molecule has 0 fully saturated rings. The van der Waals surface area contributed by atoms with E-state index in [0.29, 0.717) is 44.5 Å².